The van der Waals surface area contributed by atoms with Gasteiger partial charge in [-0.15, -0.1) is 11.3 Å². The molecule has 0 saturated carbocycles. The Morgan fingerprint density at radius 1 is 0.707 bits per heavy atom. The lowest BCUT2D eigenvalue weighted by Gasteiger charge is -2.18. The van der Waals surface area contributed by atoms with Crippen LogP contribution < -0.4 is 0 Å². The molecule has 2 heterocycles. The van der Waals surface area contributed by atoms with Crippen molar-refractivity contribution in [3.8, 4) is 22.4 Å². The van der Waals surface area contributed by atoms with Gasteiger partial charge in [-0.05, 0) is 62.2 Å². The minimum atomic E-state index is -0.924. The van der Waals surface area contributed by atoms with E-state index >= 15 is 0 Å². The SMILES string of the molecule is [2H]C(C)(c1ccnc(-c2ccc(-c3ccccc3)c3c2sc2cc(C(C)(C)C)ccc23)c1)c1ccc2ccccc2c1. The van der Waals surface area contributed by atoms with Gasteiger partial charge in [-0.3, -0.25) is 4.98 Å². The highest BCUT2D eigenvalue weighted by atomic mass is 32.1. The van der Waals surface area contributed by atoms with Gasteiger partial charge in [-0.25, -0.2) is 0 Å². The van der Waals surface area contributed by atoms with E-state index < -0.39 is 5.89 Å². The molecule has 7 aromatic rings. The second-order valence-electron chi connectivity index (χ2n) is 11.9. The third kappa shape index (κ3) is 4.63. The van der Waals surface area contributed by atoms with Gasteiger partial charge in [0.2, 0.25) is 0 Å². The van der Waals surface area contributed by atoms with Crippen LogP contribution in [0.3, 0.4) is 0 Å². The predicted molar refractivity (Wildman–Crippen MR) is 178 cm³/mol. The van der Waals surface area contributed by atoms with Gasteiger partial charge in [-0.2, -0.15) is 0 Å². The van der Waals surface area contributed by atoms with Crippen LogP contribution in [0.25, 0.3) is 53.3 Å². The number of pyridine rings is 1. The number of nitrogens with zero attached hydrogens (tertiary/aromatic N) is 1. The average molecular weight is 549 g/mol. The molecule has 0 amide bonds. The summed E-state index contributed by atoms with van der Waals surface area (Å²) < 4.78 is 12.0. The molecule has 2 aromatic heterocycles. The smallest absolute Gasteiger partial charge is 0.0719 e. The molecule has 0 fully saturated rings. The summed E-state index contributed by atoms with van der Waals surface area (Å²) in [6.45, 7) is 8.79. The van der Waals surface area contributed by atoms with Crippen molar-refractivity contribution >= 4 is 42.3 Å². The van der Waals surface area contributed by atoms with Crippen LogP contribution in [-0.2, 0) is 5.41 Å². The summed E-state index contributed by atoms with van der Waals surface area (Å²) in [7, 11) is 0. The van der Waals surface area contributed by atoms with E-state index in [9.17, 15) is 1.37 Å². The summed E-state index contributed by atoms with van der Waals surface area (Å²) in [5, 5.41) is 4.89. The first-order valence-electron chi connectivity index (χ1n) is 14.7. The summed E-state index contributed by atoms with van der Waals surface area (Å²) in [4.78, 5) is 4.87. The highest BCUT2D eigenvalue weighted by Gasteiger charge is 2.20. The van der Waals surface area contributed by atoms with Crippen LogP contribution in [-0.4, -0.2) is 4.98 Å². The van der Waals surface area contributed by atoms with Crippen molar-refractivity contribution in [1.82, 2.24) is 4.98 Å². The van der Waals surface area contributed by atoms with Gasteiger partial charge in [-0.1, -0.05) is 125 Å². The van der Waals surface area contributed by atoms with Crippen LogP contribution in [0.5, 0.6) is 0 Å². The van der Waals surface area contributed by atoms with Crippen LogP contribution in [0.15, 0.2) is 121 Å². The molecule has 0 bridgehead atoms. The number of hydrogen-bond donors (Lipinski definition) is 0. The lowest BCUT2D eigenvalue weighted by molar-refractivity contribution is 0.591. The summed E-state index contributed by atoms with van der Waals surface area (Å²) in [5.41, 5.74) is 7.78. The van der Waals surface area contributed by atoms with E-state index in [0.717, 1.165) is 27.8 Å². The Bertz CT molecular complexity index is 2100. The summed E-state index contributed by atoms with van der Waals surface area (Å²) in [6.07, 6.45) is 1.86. The molecular formula is C39H33NS. The van der Waals surface area contributed by atoms with Gasteiger partial charge in [0, 0.05) is 39.2 Å². The maximum absolute atomic E-state index is 9.50. The van der Waals surface area contributed by atoms with Crippen molar-refractivity contribution < 1.29 is 1.37 Å². The van der Waals surface area contributed by atoms with Crippen molar-refractivity contribution in [3.63, 3.8) is 0 Å². The zero-order valence-corrected chi connectivity index (χ0v) is 24.7. The van der Waals surface area contributed by atoms with Crippen LogP contribution >= 0.6 is 11.3 Å². The Kier molecular flexibility index (Phi) is 5.97. The first kappa shape index (κ1) is 24.5. The van der Waals surface area contributed by atoms with Gasteiger partial charge < -0.3 is 0 Å². The monoisotopic (exact) mass is 548 g/mol. The highest BCUT2D eigenvalue weighted by Crippen LogP contribution is 2.45. The molecular weight excluding hydrogens is 515 g/mol. The average Bonchev–Trinajstić information content (AvgIpc) is 3.39. The third-order valence-electron chi connectivity index (χ3n) is 8.22. The lowest BCUT2D eigenvalue weighted by Crippen LogP contribution is -2.10. The molecule has 0 radical (unpaired) electrons. The van der Waals surface area contributed by atoms with Gasteiger partial charge in [0.25, 0.3) is 0 Å². The maximum atomic E-state index is 9.50. The van der Waals surface area contributed by atoms with E-state index in [1.165, 1.54) is 42.2 Å². The second-order valence-corrected chi connectivity index (χ2v) is 13.0. The summed E-state index contributed by atoms with van der Waals surface area (Å²) in [5.74, 6) is -0.924. The standard InChI is InChI=1S/C39H33NS/c1-25(28-15-14-26-10-8-9-13-30(26)22-28)29-20-21-40-35(23-29)33-19-18-32(27-11-6-5-7-12-27)37-34-17-16-31(39(2,3)4)24-36(34)41-38(33)37/h5-25H,1-4H3/i25D. The molecule has 2 heteroatoms. The van der Waals surface area contributed by atoms with Gasteiger partial charge in [0.05, 0.1) is 5.69 Å². The van der Waals surface area contributed by atoms with E-state index in [0.29, 0.717) is 0 Å². The topological polar surface area (TPSA) is 12.9 Å². The van der Waals surface area contributed by atoms with Crippen molar-refractivity contribution in [3.05, 3.63) is 138 Å². The number of rotatable bonds is 4. The Labute approximate surface area is 247 Å². The van der Waals surface area contributed by atoms with Crippen molar-refractivity contribution in [1.29, 1.82) is 0 Å². The molecule has 5 aromatic carbocycles. The molecule has 41 heavy (non-hydrogen) atoms. The summed E-state index contributed by atoms with van der Waals surface area (Å²) in [6, 6.07) is 40.9. The predicted octanol–water partition coefficient (Wildman–Crippen LogP) is 11.4. The molecule has 1 unspecified atom stereocenters. The highest BCUT2D eigenvalue weighted by molar-refractivity contribution is 7.26. The molecule has 0 N–H and O–H groups in total. The molecule has 0 spiro atoms. The third-order valence-corrected chi connectivity index (χ3v) is 9.41. The van der Waals surface area contributed by atoms with E-state index in [4.69, 9.17) is 4.98 Å². The first-order chi connectivity index (χ1) is 20.2. The summed E-state index contributed by atoms with van der Waals surface area (Å²) >= 11 is 1.85. The van der Waals surface area contributed by atoms with E-state index in [1.54, 1.807) is 0 Å². The van der Waals surface area contributed by atoms with Gasteiger partial charge in [0.1, 0.15) is 0 Å². The van der Waals surface area contributed by atoms with Crippen molar-refractivity contribution in [2.75, 3.05) is 0 Å². The fourth-order valence-electron chi connectivity index (χ4n) is 5.81. The van der Waals surface area contributed by atoms with Crippen LogP contribution in [0.1, 0.15) is 51.7 Å². The van der Waals surface area contributed by atoms with Crippen LogP contribution in [0.2, 0.25) is 0 Å². The molecule has 0 aliphatic carbocycles. The zero-order chi connectivity index (χ0) is 29.1. The van der Waals surface area contributed by atoms with Gasteiger partial charge >= 0.3 is 0 Å². The molecule has 0 aliphatic rings. The van der Waals surface area contributed by atoms with Crippen LogP contribution in [0, 0.1) is 0 Å². The zero-order valence-electron chi connectivity index (χ0n) is 24.9. The lowest BCUT2D eigenvalue weighted by atomic mass is 9.86. The van der Waals surface area contributed by atoms with E-state index in [2.05, 4.69) is 130 Å². The minimum Gasteiger partial charge on any atom is -0.256 e. The van der Waals surface area contributed by atoms with Crippen molar-refractivity contribution in [2.45, 2.75) is 39.0 Å². The fraction of sp³-hybridized carbons (Fsp3) is 0.154. The minimum absolute atomic E-state index is 0.0761. The second kappa shape index (κ2) is 9.98. The maximum Gasteiger partial charge on any atom is 0.0719 e. The largest absolute Gasteiger partial charge is 0.256 e. The molecule has 7 rings (SSSR count). The number of fused-ring (bicyclic) bond motifs is 4. The number of benzene rings is 5. The van der Waals surface area contributed by atoms with Crippen LogP contribution in [0.4, 0.5) is 0 Å². The van der Waals surface area contributed by atoms with E-state index in [1.807, 2.05) is 30.5 Å². The Balaban J connectivity index is 1.42. The Morgan fingerprint density at radius 2 is 1.44 bits per heavy atom. The molecule has 200 valence electrons. The molecule has 1 nitrogen and oxygen atoms in total. The first-order valence-corrected chi connectivity index (χ1v) is 15.0. The fourth-order valence-corrected chi connectivity index (χ4v) is 7.10. The quantitative estimate of drug-likeness (QED) is 0.213. The Hall–Kier alpha value is -4.27. The number of aromatic nitrogens is 1. The Morgan fingerprint density at radius 3 is 2.24 bits per heavy atom. The normalized spacial score (nSPS) is 13.9. The number of hydrogen-bond acceptors (Lipinski definition) is 2. The van der Waals surface area contributed by atoms with E-state index in [-0.39, 0.29) is 5.41 Å². The molecule has 0 saturated heterocycles. The number of thiophene rings is 1. The van der Waals surface area contributed by atoms with Gasteiger partial charge in [0.15, 0.2) is 0 Å². The molecule has 0 aliphatic heterocycles. The molecule has 1 atom stereocenters. The van der Waals surface area contributed by atoms with Crippen molar-refractivity contribution in [2.24, 2.45) is 0 Å².